The maximum Gasteiger partial charge on any atom is 0.238 e. The van der Waals surface area contributed by atoms with Gasteiger partial charge in [-0.2, -0.15) is 0 Å². The number of likely N-dealkylation sites (N-methyl/N-ethyl adjacent to an activating group) is 1. The average molecular weight is 292 g/mol. The van der Waals surface area contributed by atoms with Crippen molar-refractivity contribution in [2.75, 3.05) is 25.7 Å². The zero-order chi connectivity index (χ0) is 15.6. The van der Waals surface area contributed by atoms with Crippen LogP contribution in [0.3, 0.4) is 0 Å². The minimum absolute atomic E-state index is 0.0348. The van der Waals surface area contributed by atoms with Crippen LogP contribution in [0, 0.1) is 5.41 Å². The number of fused-ring (bicyclic) bond motifs is 1. The molecule has 0 saturated carbocycles. The summed E-state index contributed by atoms with van der Waals surface area (Å²) in [6, 6.07) is 5.71. The Morgan fingerprint density at radius 1 is 1.33 bits per heavy atom. The highest BCUT2D eigenvalue weighted by molar-refractivity contribution is 5.92. The average Bonchev–Trinajstić information content (AvgIpc) is 2.83. The highest BCUT2D eigenvalue weighted by atomic mass is 16.7. The molecule has 1 N–H and O–H groups in total. The van der Waals surface area contributed by atoms with Gasteiger partial charge in [0.2, 0.25) is 12.7 Å². The van der Waals surface area contributed by atoms with E-state index in [0.29, 0.717) is 24.1 Å². The molecule has 116 valence electrons. The van der Waals surface area contributed by atoms with Gasteiger partial charge in [0, 0.05) is 17.8 Å². The minimum atomic E-state index is -0.0348. The molecule has 1 atom stereocenters. The summed E-state index contributed by atoms with van der Waals surface area (Å²) in [7, 11) is 1.97. The number of nitrogens with zero attached hydrogens (tertiary/aromatic N) is 1. The molecule has 0 fully saturated rings. The molecular weight excluding hydrogens is 268 g/mol. The van der Waals surface area contributed by atoms with Gasteiger partial charge >= 0.3 is 0 Å². The summed E-state index contributed by atoms with van der Waals surface area (Å²) in [4.78, 5) is 14.2. The largest absolute Gasteiger partial charge is 0.454 e. The Kier molecular flexibility index (Phi) is 4.42. The number of carbonyl (C=O) groups is 1. The maximum absolute atomic E-state index is 12.1. The quantitative estimate of drug-likeness (QED) is 0.927. The highest BCUT2D eigenvalue weighted by Crippen LogP contribution is 2.34. The number of rotatable bonds is 4. The molecule has 1 unspecified atom stereocenters. The summed E-state index contributed by atoms with van der Waals surface area (Å²) in [5.41, 5.74) is 0.856. The third-order valence-corrected chi connectivity index (χ3v) is 3.96. The van der Waals surface area contributed by atoms with Crippen LogP contribution in [0.4, 0.5) is 5.69 Å². The van der Waals surface area contributed by atoms with Crippen molar-refractivity contribution in [2.24, 2.45) is 5.41 Å². The van der Waals surface area contributed by atoms with Crippen LogP contribution >= 0.6 is 0 Å². The molecule has 5 heteroatoms. The van der Waals surface area contributed by atoms with E-state index in [4.69, 9.17) is 9.47 Å². The van der Waals surface area contributed by atoms with Gasteiger partial charge in [-0.15, -0.1) is 0 Å². The molecule has 21 heavy (non-hydrogen) atoms. The van der Waals surface area contributed by atoms with Gasteiger partial charge in [0.1, 0.15) is 0 Å². The number of hydrogen-bond acceptors (Lipinski definition) is 4. The molecule has 1 aromatic rings. The fourth-order valence-corrected chi connectivity index (χ4v) is 2.20. The van der Waals surface area contributed by atoms with Crippen molar-refractivity contribution in [3.05, 3.63) is 18.2 Å². The summed E-state index contributed by atoms with van der Waals surface area (Å²) in [5, 5.41) is 2.89. The standard InChI is InChI=1S/C16H24N2O3/c1-11(16(2,3)4)18(5)9-15(19)17-12-6-7-13-14(8-12)21-10-20-13/h6-8,11H,9-10H2,1-5H3,(H,17,19). The minimum Gasteiger partial charge on any atom is -0.454 e. The number of ether oxygens (including phenoxy) is 2. The van der Waals surface area contributed by atoms with Crippen LogP contribution in [-0.2, 0) is 4.79 Å². The van der Waals surface area contributed by atoms with Gasteiger partial charge in [-0.3, -0.25) is 9.69 Å². The Balaban J connectivity index is 1.93. The lowest BCUT2D eigenvalue weighted by molar-refractivity contribution is -0.117. The molecule has 0 radical (unpaired) electrons. The molecule has 0 saturated heterocycles. The van der Waals surface area contributed by atoms with Crippen LogP contribution in [0.2, 0.25) is 0 Å². The monoisotopic (exact) mass is 292 g/mol. The second kappa shape index (κ2) is 5.93. The smallest absolute Gasteiger partial charge is 0.238 e. The van der Waals surface area contributed by atoms with Crippen LogP contribution in [0.5, 0.6) is 11.5 Å². The number of anilines is 1. The van der Waals surface area contributed by atoms with E-state index >= 15 is 0 Å². The van der Waals surface area contributed by atoms with Crippen LogP contribution in [0.15, 0.2) is 18.2 Å². The number of amides is 1. The predicted molar refractivity (Wildman–Crippen MR) is 82.7 cm³/mol. The van der Waals surface area contributed by atoms with E-state index in [1.165, 1.54) is 0 Å². The van der Waals surface area contributed by atoms with E-state index in [9.17, 15) is 4.79 Å². The predicted octanol–water partition coefficient (Wildman–Crippen LogP) is 2.72. The zero-order valence-electron chi connectivity index (χ0n) is 13.4. The molecule has 0 spiro atoms. The fraction of sp³-hybridized carbons (Fsp3) is 0.562. The molecule has 0 aromatic heterocycles. The van der Waals surface area contributed by atoms with Gasteiger partial charge in [0.25, 0.3) is 0 Å². The fourth-order valence-electron chi connectivity index (χ4n) is 2.20. The van der Waals surface area contributed by atoms with E-state index in [2.05, 4.69) is 37.9 Å². The first-order chi connectivity index (χ1) is 9.77. The molecule has 1 aromatic carbocycles. The second-order valence-electron chi connectivity index (χ2n) is 6.57. The van der Waals surface area contributed by atoms with Crippen molar-refractivity contribution >= 4 is 11.6 Å². The van der Waals surface area contributed by atoms with Crippen molar-refractivity contribution in [1.82, 2.24) is 4.90 Å². The number of benzene rings is 1. The lowest BCUT2D eigenvalue weighted by Crippen LogP contribution is -2.43. The Morgan fingerprint density at radius 3 is 2.67 bits per heavy atom. The summed E-state index contributed by atoms with van der Waals surface area (Å²) < 4.78 is 10.5. The third-order valence-electron chi connectivity index (χ3n) is 3.96. The van der Waals surface area contributed by atoms with Crippen molar-refractivity contribution in [2.45, 2.75) is 33.7 Å². The molecule has 1 aliphatic heterocycles. The van der Waals surface area contributed by atoms with E-state index in [0.717, 1.165) is 5.69 Å². The highest BCUT2D eigenvalue weighted by Gasteiger charge is 2.25. The molecule has 5 nitrogen and oxygen atoms in total. The van der Waals surface area contributed by atoms with Gasteiger partial charge in [0.15, 0.2) is 11.5 Å². The third kappa shape index (κ3) is 3.88. The van der Waals surface area contributed by atoms with Gasteiger partial charge in [-0.1, -0.05) is 20.8 Å². The van der Waals surface area contributed by atoms with Crippen molar-refractivity contribution in [1.29, 1.82) is 0 Å². The molecular formula is C16H24N2O3. The molecule has 1 heterocycles. The summed E-state index contributed by atoms with van der Waals surface area (Å²) >= 11 is 0. The molecule has 0 aliphatic carbocycles. The summed E-state index contributed by atoms with van der Waals surface area (Å²) in [5.74, 6) is 1.35. The van der Waals surface area contributed by atoms with E-state index < -0.39 is 0 Å². The van der Waals surface area contributed by atoms with Crippen LogP contribution in [-0.4, -0.2) is 37.2 Å². The van der Waals surface area contributed by atoms with Gasteiger partial charge in [-0.25, -0.2) is 0 Å². The van der Waals surface area contributed by atoms with Gasteiger partial charge in [0.05, 0.1) is 6.54 Å². The number of nitrogens with one attached hydrogen (secondary N) is 1. The number of carbonyl (C=O) groups excluding carboxylic acids is 1. The van der Waals surface area contributed by atoms with Crippen molar-refractivity contribution < 1.29 is 14.3 Å². The SMILES string of the molecule is CC(N(C)CC(=O)Nc1ccc2c(c1)OCO2)C(C)(C)C. The molecule has 1 aliphatic rings. The Labute approximate surface area is 126 Å². The first-order valence-corrected chi connectivity index (χ1v) is 7.17. The van der Waals surface area contributed by atoms with E-state index in [1.54, 1.807) is 12.1 Å². The normalized spacial score (nSPS) is 15.1. The Bertz CT molecular complexity index is 523. The zero-order valence-corrected chi connectivity index (χ0v) is 13.4. The first-order valence-electron chi connectivity index (χ1n) is 7.17. The van der Waals surface area contributed by atoms with Gasteiger partial charge < -0.3 is 14.8 Å². The topological polar surface area (TPSA) is 50.8 Å². The number of hydrogen-bond donors (Lipinski definition) is 1. The molecule has 1 amide bonds. The first kappa shape index (κ1) is 15.6. The summed E-state index contributed by atoms with van der Waals surface area (Å²) in [6.45, 7) is 9.23. The molecule has 0 bridgehead atoms. The second-order valence-corrected chi connectivity index (χ2v) is 6.57. The van der Waals surface area contributed by atoms with E-state index in [-0.39, 0.29) is 18.1 Å². The van der Waals surface area contributed by atoms with Crippen molar-refractivity contribution in [3.8, 4) is 11.5 Å². The maximum atomic E-state index is 12.1. The lowest BCUT2D eigenvalue weighted by atomic mass is 9.87. The van der Waals surface area contributed by atoms with Crippen LogP contribution < -0.4 is 14.8 Å². The van der Waals surface area contributed by atoms with Gasteiger partial charge in [-0.05, 0) is 31.5 Å². The molecule has 2 rings (SSSR count). The Morgan fingerprint density at radius 2 is 2.00 bits per heavy atom. The van der Waals surface area contributed by atoms with Crippen LogP contribution in [0.25, 0.3) is 0 Å². The van der Waals surface area contributed by atoms with Crippen molar-refractivity contribution in [3.63, 3.8) is 0 Å². The Hall–Kier alpha value is -1.75. The summed E-state index contributed by atoms with van der Waals surface area (Å²) in [6.07, 6.45) is 0. The van der Waals surface area contributed by atoms with E-state index in [1.807, 2.05) is 13.1 Å². The lowest BCUT2D eigenvalue weighted by Gasteiger charge is -2.34. The van der Waals surface area contributed by atoms with Crippen LogP contribution in [0.1, 0.15) is 27.7 Å².